The molecule has 0 fully saturated rings. The van der Waals surface area contributed by atoms with Gasteiger partial charge in [0.1, 0.15) is 6.04 Å². The topological polar surface area (TPSA) is 111 Å². The summed E-state index contributed by atoms with van der Waals surface area (Å²) >= 11 is 6.29. The number of benzene rings is 3. The van der Waals surface area contributed by atoms with E-state index in [0.717, 1.165) is 34.2 Å². The molecule has 0 saturated heterocycles. The Labute approximate surface area is 230 Å². The first kappa shape index (κ1) is 27.6. The standard InChI is InChI=1S/C30H28ClN3O5/c1-3-7-20-10-13-22(31)17-24(20)25-18-27(35)34(33-29(25)39-2)26(16-19-8-5-4-6-9-19)28(36)32-23-14-11-21(12-15-23)30(37)38/h4-6,8-15,17-18,26H,3,7,16H2,1-2H3,(H,32,36)(H,37,38)/t26-/m0/s1. The number of carboxylic acids is 1. The average molecular weight is 546 g/mol. The van der Waals surface area contributed by atoms with E-state index < -0.39 is 23.5 Å². The van der Waals surface area contributed by atoms with Gasteiger partial charge in [-0.05, 0) is 59.5 Å². The molecule has 0 radical (unpaired) electrons. The number of methoxy groups -OCH3 is 1. The second-order valence-corrected chi connectivity index (χ2v) is 9.42. The van der Waals surface area contributed by atoms with Crippen LogP contribution in [0.1, 0.15) is 40.9 Å². The molecule has 8 nitrogen and oxygen atoms in total. The summed E-state index contributed by atoms with van der Waals surface area (Å²) < 4.78 is 6.73. The number of rotatable bonds is 10. The van der Waals surface area contributed by atoms with Crippen LogP contribution in [0.2, 0.25) is 5.02 Å². The van der Waals surface area contributed by atoms with E-state index >= 15 is 0 Å². The highest BCUT2D eigenvalue weighted by atomic mass is 35.5. The fraction of sp³-hybridized carbons (Fsp3) is 0.200. The fourth-order valence-electron chi connectivity index (χ4n) is 4.36. The molecular weight excluding hydrogens is 518 g/mol. The molecule has 39 heavy (non-hydrogen) atoms. The highest BCUT2D eigenvalue weighted by Gasteiger charge is 2.26. The Morgan fingerprint density at radius 1 is 1.03 bits per heavy atom. The van der Waals surface area contributed by atoms with E-state index in [9.17, 15) is 14.4 Å². The summed E-state index contributed by atoms with van der Waals surface area (Å²) in [5.74, 6) is -1.37. The van der Waals surface area contributed by atoms with Crippen molar-refractivity contribution >= 4 is 29.2 Å². The predicted octanol–water partition coefficient (Wildman–Crippen LogP) is 5.65. The number of aromatic nitrogens is 2. The average Bonchev–Trinajstić information content (AvgIpc) is 2.93. The Bertz CT molecular complexity index is 1530. The van der Waals surface area contributed by atoms with Crippen molar-refractivity contribution in [1.82, 2.24) is 9.78 Å². The summed E-state index contributed by atoms with van der Waals surface area (Å²) in [5.41, 5.74) is 3.08. The van der Waals surface area contributed by atoms with Crippen LogP contribution in [0.3, 0.4) is 0 Å². The Kier molecular flexibility index (Phi) is 8.78. The Morgan fingerprint density at radius 2 is 1.74 bits per heavy atom. The Balaban J connectivity index is 1.77. The van der Waals surface area contributed by atoms with E-state index in [1.807, 2.05) is 36.4 Å². The third-order valence-electron chi connectivity index (χ3n) is 6.27. The van der Waals surface area contributed by atoms with Crippen molar-refractivity contribution in [3.63, 3.8) is 0 Å². The van der Waals surface area contributed by atoms with Gasteiger partial charge in [-0.3, -0.25) is 9.59 Å². The first-order valence-corrected chi connectivity index (χ1v) is 12.8. The summed E-state index contributed by atoms with van der Waals surface area (Å²) in [6.07, 6.45) is 1.86. The summed E-state index contributed by atoms with van der Waals surface area (Å²) in [4.78, 5) is 38.2. The van der Waals surface area contributed by atoms with Crippen molar-refractivity contribution in [2.75, 3.05) is 12.4 Å². The fourth-order valence-corrected chi connectivity index (χ4v) is 4.53. The second-order valence-electron chi connectivity index (χ2n) is 8.98. The SMILES string of the molecule is CCCc1ccc(Cl)cc1-c1cc(=O)n([C@@H](Cc2ccccc2)C(=O)Nc2ccc(C(=O)O)cc2)nc1OC. The molecule has 1 heterocycles. The van der Waals surface area contributed by atoms with Gasteiger partial charge in [0.05, 0.1) is 18.2 Å². The van der Waals surface area contributed by atoms with Gasteiger partial charge in [-0.25, -0.2) is 9.48 Å². The van der Waals surface area contributed by atoms with Crippen LogP contribution in [-0.4, -0.2) is 33.9 Å². The zero-order valence-electron chi connectivity index (χ0n) is 21.6. The lowest BCUT2D eigenvalue weighted by atomic mass is 9.97. The molecule has 3 aromatic carbocycles. The maximum absolute atomic E-state index is 13.5. The van der Waals surface area contributed by atoms with Gasteiger partial charge in [0.15, 0.2) is 0 Å². The first-order chi connectivity index (χ1) is 18.8. The van der Waals surface area contributed by atoms with Crippen LogP contribution < -0.4 is 15.6 Å². The molecule has 0 aliphatic rings. The normalized spacial score (nSPS) is 11.6. The second kappa shape index (κ2) is 12.4. The number of amides is 1. The molecular formula is C30H28ClN3O5. The minimum absolute atomic E-state index is 0.0931. The van der Waals surface area contributed by atoms with Crippen LogP contribution in [0, 0.1) is 0 Å². The minimum Gasteiger partial charge on any atom is -0.480 e. The van der Waals surface area contributed by atoms with Gasteiger partial charge < -0.3 is 15.2 Å². The van der Waals surface area contributed by atoms with Gasteiger partial charge >= 0.3 is 5.97 Å². The molecule has 1 aromatic heterocycles. The number of nitrogens with one attached hydrogen (secondary N) is 1. The van der Waals surface area contributed by atoms with Crippen molar-refractivity contribution in [3.05, 3.63) is 111 Å². The van der Waals surface area contributed by atoms with E-state index in [2.05, 4.69) is 17.3 Å². The van der Waals surface area contributed by atoms with Crippen molar-refractivity contribution in [2.45, 2.75) is 32.2 Å². The van der Waals surface area contributed by atoms with Crippen molar-refractivity contribution in [3.8, 4) is 17.0 Å². The van der Waals surface area contributed by atoms with Gasteiger partial charge in [-0.2, -0.15) is 0 Å². The van der Waals surface area contributed by atoms with E-state index in [1.54, 1.807) is 12.1 Å². The summed E-state index contributed by atoms with van der Waals surface area (Å²) in [6.45, 7) is 2.06. The molecule has 2 N–H and O–H groups in total. The molecule has 1 amide bonds. The Morgan fingerprint density at radius 3 is 2.38 bits per heavy atom. The van der Waals surface area contributed by atoms with Crippen molar-refractivity contribution < 1.29 is 19.4 Å². The van der Waals surface area contributed by atoms with Crippen molar-refractivity contribution in [2.24, 2.45) is 0 Å². The van der Waals surface area contributed by atoms with E-state index in [1.165, 1.54) is 37.4 Å². The number of carbonyl (C=O) groups is 2. The van der Waals surface area contributed by atoms with Crippen LogP contribution in [0.4, 0.5) is 5.69 Å². The van der Waals surface area contributed by atoms with E-state index in [4.69, 9.17) is 21.4 Å². The van der Waals surface area contributed by atoms with E-state index in [-0.39, 0.29) is 17.9 Å². The largest absolute Gasteiger partial charge is 0.480 e. The zero-order chi connectivity index (χ0) is 27.9. The van der Waals surface area contributed by atoms with Gasteiger partial charge in [-0.1, -0.05) is 61.3 Å². The van der Waals surface area contributed by atoms with Crippen LogP contribution in [-0.2, 0) is 17.6 Å². The van der Waals surface area contributed by atoms with E-state index in [0.29, 0.717) is 16.3 Å². The highest BCUT2D eigenvalue weighted by Crippen LogP contribution is 2.33. The number of carbonyl (C=O) groups excluding carboxylic acids is 1. The predicted molar refractivity (Wildman–Crippen MR) is 151 cm³/mol. The number of anilines is 1. The number of hydrogen-bond acceptors (Lipinski definition) is 5. The highest BCUT2D eigenvalue weighted by molar-refractivity contribution is 6.30. The molecule has 4 rings (SSSR count). The van der Waals surface area contributed by atoms with Gasteiger partial charge in [0.25, 0.3) is 5.56 Å². The number of aromatic carboxylic acids is 1. The molecule has 0 bridgehead atoms. The lowest BCUT2D eigenvalue weighted by Crippen LogP contribution is -2.36. The minimum atomic E-state index is -1.07. The number of ether oxygens (including phenoxy) is 1. The molecule has 0 unspecified atom stereocenters. The van der Waals surface area contributed by atoms with Crippen LogP contribution in [0.5, 0.6) is 5.88 Å². The smallest absolute Gasteiger partial charge is 0.335 e. The molecule has 1 atom stereocenters. The molecule has 0 saturated carbocycles. The third-order valence-corrected chi connectivity index (χ3v) is 6.50. The molecule has 4 aromatic rings. The maximum Gasteiger partial charge on any atom is 0.335 e. The molecule has 0 aliphatic carbocycles. The van der Waals surface area contributed by atoms with Gasteiger partial charge in [0, 0.05) is 23.2 Å². The monoisotopic (exact) mass is 545 g/mol. The molecule has 9 heteroatoms. The number of aryl methyl sites for hydroxylation is 1. The van der Waals surface area contributed by atoms with Gasteiger partial charge in [-0.15, -0.1) is 5.10 Å². The molecule has 0 spiro atoms. The van der Waals surface area contributed by atoms with Gasteiger partial charge in [0.2, 0.25) is 11.8 Å². The number of halogens is 1. The van der Waals surface area contributed by atoms with Crippen LogP contribution >= 0.6 is 11.6 Å². The summed E-state index contributed by atoms with van der Waals surface area (Å²) in [6, 6.07) is 21.0. The third kappa shape index (κ3) is 6.53. The van der Waals surface area contributed by atoms with Crippen LogP contribution in [0.15, 0.2) is 83.7 Å². The van der Waals surface area contributed by atoms with Crippen molar-refractivity contribution in [1.29, 1.82) is 0 Å². The lowest BCUT2D eigenvalue weighted by Gasteiger charge is -2.21. The number of hydrogen-bond donors (Lipinski definition) is 2. The quantitative estimate of drug-likeness (QED) is 0.266. The summed E-state index contributed by atoms with van der Waals surface area (Å²) in [7, 11) is 1.46. The maximum atomic E-state index is 13.5. The van der Waals surface area contributed by atoms with Crippen LogP contribution in [0.25, 0.3) is 11.1 Å². The molecule has 0 aliphatic heterocycles. The number of carboxylic acid groups (broad SMARTS) is 1. The first-order valence-electron chi connectivity index (χ1n) is 12.5. The Hall–Kier alpha value is -4.43. The zero-order valence-corrected chi connectivity index (χ0v) is 22.3. The molecule has 200 valence electrons. The lowest BCUT2D eigenvalue weighted by molar-refractivity contribution is -0.119. The summed E-state index contributed by atoms with van der Waals surface area (Å²) in [5, 5.41) is 16.9. The number of nitrogens with zero attached hydrogens (tertiary/aromatic N) is 2.